The van der Waals surface area contributed by atoms with Crippen LogP contribution in [0.1, 0.15) is 38.4 Å². The van der Waals surface area contributed by atoms with E-state index < -0.39 is 5.97 Å². The monoisotopic (exact) mass is 244 g/mol. The number of hydrogen-bond acceptors (Lipinski definition) is 5. The normalized spacial score (nSPS) is 10.9. The van der Waals surface area contributed by atoms with Gasteiger partial charge in [0.1, 0.15) is 0 Å². The fourth-order valence-corrected chi connectivity index (χ4v) is 2.03. The van der Waals surface area contributed by atoms with Crippen LogP contribution in [0.25, 0.3) is 0 Å². The molecule has 0 amide bonds. The number of hydrogen-bond donors (Lipinski definition) is 2. The molecule has 0 aromatic carbocycles. The van der Waals surface area contributed by atoms with E-state index in [4.69, 9.17) is 10.9 Å². The molecular weight excluding hydrogens is 228 g/mol. The van der Waals surface area contributed by atoms with Crippen LogP contribution in [0.5, 0.6) is 0 Å². The second kappa shape index (κ2) is 5.74. The molecule has 1 aromatic rings. The average Bonchev–Trinajstić information content (AvgIpc) is 2.60. The molecular formula is C9H16N4O2S. The van der Waals surface area contributed by atoms with Crippen molar-refractivity contribution in [3.63, 3.8) is 0 Å². The summed E-state index contributed by atoms with van der Waals surface area (Å²) < 4.78 is 1.39. The first-order valence-electron chi connectivity index (χ1n) is 5.15. The second-order valence-electron chi connectivity index (χ2n) is 3.41. The van der Waals surface area contributed by atoms with Crippen molar-refractivity contribution in [1.29, 1.82) is 0 Å². The topological polar surface area (TPSA) is 94.0 Å². The first-order chi connectivity index (χ1) is 7.60. The Kier molecular flexibility index (Phi) is 4.60. The number of nitrogens with two attached hydrogens (primary N) is 1. The molecule has 0 fully saturated rings. The molecule has 0 spiro atoms. The Hall–Kier alpha value is -1.24. The van der Waals surface area contributed by atoms with Crippen molar-refractivity contribution in [3.8, 4) is 0 Å². The van der Waals surface area contributed by atoms with Crippen molar-refractivity contribution >= 4 is 17.7 Å². The summed E-state index contributed by atoms with van der Waals surface area (Å²) >= 11 is 1.08. The summed E-state index contributed by atoms with van der Waals surface area (Å²) in [6, 6.07) is 0. The van der Waals surface area contributed by atoms with E-state index in [1.165, 1.54) is 4.68 Å². The van der Waals surface area contributed by atoms with Gasteiger partial charge in [-0.3, -0.25) is 4.79 Å². The Morgan fingerprint density at radius 2 is 2.12 bits per heavy atom. The van der Waals surface area contributed by atoms with E-state index in [0.29, 0.717) is 5.16 Å². The van der Waals surface area contributed by atoms with Gasteiger partial charge in [-0.05, 0) is 12.8 Å². The molecule has 16 heavy (non-hydrogen) atoms. The molecule has 0 bridgehead atoms. The minimum atomic E-state index is -0.892. The number of rotatable bonds is 6. The van der Waals surface area contributed by atoms with Crippen molar-refractivity contribution in [1.82, 2.24) is 14.9 Å². The summed E-state index contributed by atoms with van der Waals surface area (Å²) in [4.78, 5) is 10.4. The maximum atomic E-state index is 10.4. The molecule has 1 aromatic heterocycles. The van der Waals surface area contributed by atoms with Gasteiger partial charge in [-0.1, -0.05) is 25.6 Å². The Morgan fingerprint density at radius 1 is 1.50 bits per heavy atom. The highest BCUT2D eigenvalue weighted by Gasteiger charge is 2.17. The lowest BCUT2D eigenvalue weighted by molar-refractivity contribution is -0.133. The molecule has 7 heteroatoms. The highest BCUT2D eigenvalue weighted by atomic mass is 32.2. The number of carbonyl (C=O) groups is 1. The molecule has 0 unspecified atom stereocenters. The predicted octanol–water partition coefficient (Wildman–Crippen LogP) is 1.07. The molecule has 90 valence electrons. The van der Waals surface area contributed by atoms with Crippen LogP contribution in [0, 0.1) is 0 Å². The van der Waals surface area contributed by atoms with Gasteiger partial charge >= 0.3 is 5.97 Å². The summed E-state index contributed by atoms with van der Waals surface area (Å²) in [6.07, 6.45) is 1.88. The highest BCUT2D eigenvalue weighted by molar-refractivity contribution is 7.99. The van der Waals surface area contributed by atoms with E-state index in [0.717, 1.165) is 30.4 Å². The molecule has 6 nitrogen and oxygen atoms in total. The molecule has 1 rings (SSSR count). The highest BCUT2D eigenvalue weighted by Crippen LogP contribution is 2.23. The standard InChI is InChI=1S/C9H16N4O2S/c1-3-6(4-2)8-11-12-9(13(8)10)16-5-7(14)15/h6H,3-5,10H2,1-2H3,(H,14,15). The maximum absolute atomic E-state index is 10.4. The van der Waals surface area contributed by atoms with Crippen LogP contribution < -0.4 is 5.84 Å². The zero-order valence-corrected chi connectivity index (χ0v) is 10.2. The summed E-state index contributed by atoms with van der Waals surface area (Å²) in [5.41, 5.74) is 0. The van der Waals surface area contributed by atoms with Gasteiger partial charge in [0, 0.05) is 5.92 Å². The van der Waals surface area contributed by atoms with E-state index in [-0.39, 0.29) is 11.7 Å². The molecule has 1 heterocycles. The van der Waals surface area contributed by atoms with Gasteiger partial charge in [-0.2, -0.15) is 0 Å². The fourth-order valence-electron chi connectivity index (χ4n) is 1.45. The predicted molar refractivity (Wildman–Crippen MR) is 61.9 cm³/mol. The SMILES string of the molecule is CCC(CC)c1nnc(SCC(=O)O)n1N. The van der Waals surface area contributed by atoms with Gasteiger partial charge in [0.15, 0.2) is 5.82 Å². The Morgan fingerprint density at radius 3 is 2.62 bits per heavy atom. The van der Waals surface area contributed by atoms with E-state index >= 15 is 0 Å². The lowest BCUT2D eigenvalue weighted by atomic mass is 10.0. The lowest BCUT2D eigenvalue weighted by Gasteiger charge is -2.10. The maximum Gasteiger partial charge on any atom is 0.313 e. The Bertz CT molecular complexity index is 362. The molecule has 3 N–H and O–H groups in total. The summed E-state index contributed by atoms with van der Waals surface area (Å²) in [7, 11) is 0. The molecule has 0 aliphatic carbocycles. The molecule has 0 radical (unpaired) electrons. The van der Waals surface area contributed by atoms with Crippen molar-refractivity contribution in [2.75, 3.05) is 11.6 Å². The zero-order valence-electron chi connectivity index (χ0n) is 9.38. The molecule has 0 aliphatic heterocycles. The number of aliphatic carboxylic acids is 1. The Labute approximate surface area is 98.2 Å². The van der Waals surface area contributed by atoms with Crippen LogP contribution in [0.4, 0.5) is 0 Å². The lowest BCUT2D eigenvalue weighted by Crippen LogP contribution is -2.17. The van der Waals surface area contributed by atoms with E-state index in [1.807, 2.05) is 0 Å². The van der Waals surface area contributed by atoms with Crippen LogP contribution in [-0.2, 0) is 4.79 Å². The minimum absolute atomic E-state index is 0.0573. The quantitative estimate of drug-likeness (QED) is 0.574. The zero-order chi connectivity index (χ0) is 12.1. The van der Waals surface area contributed by atoms with Crippen molar-refractivity contribution < 1.29 is 9.90 Å². The van der Waals surface area contributed by atoms with Gasteiger partial charge < -0.3 is 10.9 Å². The summed E-state index contributed by atoms with van der Waals surface area (Å²) in [6.45, 7) is 4.12. The van der Waals surface area contributed by atoms with E-state index in [2.05, 4.69) is 24.0 Å². The first kappa shape index (κ1) is 12.8. The van der Waals surface area contributed by atoms with E-state index in [9.17, 15) is 4.79 Å². The van der Waals surface area contributed by atoms with Crippen molar-refractivity contribution in [2.45, 2.75) is 37.8 Å². The number of nitrogen functional groups attached to an aromatic ring is 1. The first-order valence-corrected chi connectivity index (χ1v) is 6.13. The largest absolute Gasteiger partial charge is 0.481 e. The third kappa shape index (κ3) is 2.88. The van der Waals surface area contributed by atoms with Gasteiger partial charge in [0.05, 0.1) is 5.75 Å². The van der Waals surface area contributed by atoms with Gasteiger partial charge in [0.2, 0.25) is 5.16 Å². The summed E-state index contributed by atoms with van der Waals surface area (Å²) in [5.74, 6) is 5.87. The number of carboxylic acid groups (broad SMARTS) is 1. The molecule has 0 saturated heterocycles. The molecule has 0 aliphatic rings. The van der Waals surface area contributed by atoms with Crippen LogP contribution in [0.15, 0.2) is 5.16 Å². The fraction of sp³-hybridized carbons (Fsp3) is 0.667. The van der Waals surface area contributed by atoms with Crippen molar-refractivity contribution in [3.05, 3.63) is 5.82 Å². The number of aromatic nitrogens is 3. The third-order valence-corrected chi connectivity index (χ3v) is 3.29. The van der Waals surface area contributed by atoms with Crippen molar-refractivity contribution in [2.24, 2.45) is 0 Å². The van der Waals surface area contributed by atoms with E-state index in [1.54, 1.807) is 0 Å². The summed E-state index contributed by atoms with van der Waals surface area (Å²) in [5, 5.41) is 16.9. The van der Waals surface area contributed by atoms with Gasteiger partial charge in [0.25, 0.3) is 0 Å². The Balaban J connectivity index is 2.79. The smallest absolute Gasteiger partial charge is 0.313 e. The average molecular weight is 244 g/mol. The van der Waals surface area contributed by atoms with Crippen LogP contribution >= 0.6 is 11.8 Å². The second-order valence-corrected chi connectivity index (χ2v) is 4.35. The molecule has 0 saturated carbocycles. The number of nitrogens with zero attached hydrogens (tertiary/aromatic N) is 3. The van der Waals surface area contributed by atoms with Gasteiger partial charge in [-0.25, -0.2) is 4.68 Å². The van der Waals surface area contributed by atoms with Crippen LogP contribution in [0.3, 0.4) is 0 Å². The van der Waals surface area contributed by atoms with Gasteiger partial charge in [-0.15, -0.1) is 10.2 Å². The van der Waals surface area contributed by atoms with Crippen LogP contribution in [-0.4, -0.2) is 31.7 Å². The number of thioether (sulfide) groups is 1. The third-order valence-electron chi connectivity index (χ3n) is 2.37. The van der Waals surface area contributed by atoms with Crippen LogP contribution in [0.2, 0.25) is 0 Å². The minimum Gasteiger partial charge on any atom is -0.481 e. The number of carboxylic acids is 1. The molecule has 0 atom stereocenters.